The Morgan fingerprint density at radius 1 is 1.23 bits per heavy atom. The summed E-state index contributed by atoms with van der Waals surface area (Å²) >= 11 is 0. The van der Waals surface area contributed by atoms with Crippen LogP contribution in [0.1, 0.15) is 53.5 Å². The number of nitrogens with one attached hydrogen (secondary N) is 1. The number of rotatable bonds is 5. The van der Waals surface area contributed by atoms with Crippen LogP contribution in [-0.2, 0) is 0 Å². The topological polar surface area (TPSA) is 50.2 Å². The molecular weight excluding hydrogens is 324 g/mol. The minimum absolute atomic E-state index is 0.0592. The van der Waals surface area contributed by atoms with Crippen LogP contribution in [0.25, 0.3) is 0 Å². The molecule has 1 aliphatic heterocycles. The van der Waals surface area contributed by atoms with Gasteiger partial charge in [-0.1, -0.05) is 30.3 Å². The Morgan fingerprint density at radius 2 is 1.96 bits per heavy atom. The second-order valence-corrected chi connectivity index (χ2v) is 8.01. The van der Waals surface area contributed by atoms with Crippen LogP contribution in [0.15, 0.2) is 36.4 Å². The molecule has 2 aromatic rings. The van der Waals surface area contributed by atoms with Crippen LogP contribution < -0.4 is 5.32 Å². The summed E-state index contributed by atoms with van der Waals surface area (Å²) in [5.41, 5.74) is 2.89. The Bertz CT molecular complexity index is 781. The van der Waals surface area contributed by atoms with Crippen LogP contribution in [0.2, 0.25) is 0 Å². The van der Waals surface area contributed by atoms with Crippen LogP contribution in [0, 0.1) is 12.8 Å². The third-order valence-electron chi connectivity index (χ3n) is 5.89. The molecule has 0 bridgehead atoms. The SMILES string of the molecule is Cc1cc(C(=O)NC2CN(C)CC2c2ccccc2)nn1C(C)C1CC1. The highest BCUT2D eigenvalue weighted by molar-refractivity contribution is 5.92. The highest BCUT2D eigenvalue weighted by Crippen LogP contribution is 2.39. The zero-order chi connectivity index (χ0) is 18.3. The van der Waals surface area contributed by atoms with Crippen molar-refractivity contribution in [2.24, 2.45) is 5.92 Å². The van der Waals surface area contributed by atoms with Crippen molar-refractivity contribution >= 4 is 5.91 Å². The van der Waals surface area contributed by atoms with E-state index in [1.165, 1.54) is 18.4 Å². The second kappa shape index (κ2) is 6.88. The Balaban J connectivity index is 1.49. The third kappa shape index (κ3) is 3.40. The van der Waals surface area contributed by atoms with Crippen LogP contribution >= 0.6 is 0 Å². The molecule has 5 nitrogen and oxygen atoms in total. The molecule has 1 saturated carbocycles. The average Bonchev–Trinajstić information content (AvgIpc) is 3.32. The average molecular weight is 352 g/mol. The molecule has 1 amide bonds. The highest BCUT2D eigenvalue weighted by Gasteiger charge is 2.34. The van der Waals surface area contributed by atoms with Gasteiger partial charge >= 0.3 is 0 Å². The number of amides is 1. The molecular formula is C21H28N4O. The van der Waals surface area contributed by atoms with Crippen molar-refractivity contribution < 1.29 is 4.79 Å². The zero-order valence-corrected chi connectivity index (χ0v) is 15.9. The van der Waals surface area contributed by atoms with Crippen molar-refractivity contribution in [3.8, 4) is 0 Å². The first kappa shape index (κ1) is 17.3. The van der Waals surface area contributed by atoms with Gasteiger partial charge in [0.2, 0.25) is 0 Å². The molecule has 3 atom stereocenters. The lowest BCUT2D eigenvalue weighted by Gasteiger charge is -2.20. The van der Waals surface area contributed by atoms with Crippen molar-refractivity contribution in [2.45, 2.75) is 44.7 Å². The van der Waals surface area contributed by atoms with Crippen LogP contribution in [-0.4, -0.2) is 46.8 Å². The monoisotopic (exact) mass is 352 g/mol. The molecule has 1 saturated heterocycles. The lowest BCUT2D eigenvalue weighted by molar-refractivity contribution is 0.0929. The molecule has 1 aliphatic carbocycles. The molecule has 5 heteroatoms. The van der Waals surface area contributed by atoms with Crippen LogP contribution in [0.5, 0.6) is 0 Å². The van der Waals surface area contributed by atoms with Crippen molar-refractivity contribution in [1.82, 2.24) is 20.0 Å². The molecule has 1 N–H and O–H groups in total. The number of likely N-dealkylation sites (N-methyl/N-ethyl adjacent to an activating group) is 1. The fourth-order valence-corrected chi connectivity index (χ4v) is 4.22. The highest BCUT2D eigenvalue weighted by atomic mass is 16.2. The van der Waals surface area contributed by atoms with Gasteiger partial charge in [0.1, 0.15) is 5.69 Å². The minimum Gasteiger partial charge on any atom is -0.346 e. The minimum atomic E-state index is -0.0592. The molecule has 0 radical (unpaired) electrons. The number of aryl methyl sites for hydroxylation is 1. The largest absolute Gasteiger partial charge is 0.346 e. The molecule has 138 valence electrons. The van der Waals surface area contributed by atoms with Gasteiger partial charge in [0, 0.05) is 30.7 Å². The lowest BCUT2D eigenvalue weighted by atomic mass is 9.94. The smallest absolute Gasteiger partial charge is 0.272 e. The van der Waals surface area contributed by atoms with E-state index >= 15 is 0 Å². The molecule has 3 unspecified atom stereocenters. The summed E-state index contributed by atoms with van der Waals surface area (Å²) < 4.78 is 2.03. The van der Waals surface area contributed by atoms with Gasteiger partial charge in [-0.3, -0.25) is 9.48 Å². The van der Waals surface area contributed by atoms with E-state index < -0.39 is 0 Å². The van der Waals surface area contributed by atoms with E-state index in [-0.39, 0.29) is 11.9 Å². The fourth-order valence-electron chi connectivity index (χ4n) is 4.22. The van der Waals surface area contributed by atoms with E-state index in [2.05, 4.69) is 53.6 Å². The molecule has 1 aromatic carbocycles. The predicted octanol–water partition coefficient (Wildman–Crippen LogP) is 2.99. The van der Waals surface area contributed by atoms with Gasteiger partial charge in [-0.15, -0.1) is 0 Å². The van der Waals surface area contributed by atoms with Gasteiger partial charge in [0.05, 0.1) is 6.04 Å². The standard InChI is InChI=1S/C21H28N4O/c1-14-11-19(23-25(14)15(2)16-9-10-16)21(26)22-20-13-24(3)12-18(20)17-7-5-4-6-8-17/h4-8,11,15-16,18,20H,9-10,12-13H2,1-3H3,(H,22,26). The summed E-state index contributed by atoms with van der Waals surface area (Å²) in [5.74, 6) is 0.977. The number of carbonyl (C=O) groups is 1. The number of hydrogen-bond acceptors (Lipinski definition) is 3. The van der Waals surface area contributed by atoms with Gasteiger partial charge in [0.15, 0.2) is 0 Å². The van der Waals surface area contributed by atoms with Gasteiger partial charge in [-0.25, -0.2) is 0 Å². The fraction of sp³-hybridized carbons (Fsp3) is 0.524. The first-order valence-electron chi connectivity index (χ1n) is 9.63. The first-order valence-corrected chi connectivity index (χ1v) is 9.63. The summed E-state index contributed by atoms with van der Waals surface area (Å²) in [6.45, 7) is 6.07. The van der Waals surface area contributed by atoms with E-state index in [0.717, 1.165) is 24.7 Å². The summed E-state index contributed by atoms with van der Waals surface area (Å²) in [6, 6.07) is 12.9. The Morgan fingerprint density at radius 3 is 2.65 bits per heavy atom. The number of likely N-dealkylation sites (tertiary alicyclic amines) is 1. The van der Waals surface area contributed by atoms with Crippen molar-refractivity contribution in [3.63, 3.8) is 0 Å². The summed E-state index contributed by atoms with van der Waals surface area (Å²) in [6.07, 6.45) is 2.55. The van der Waals surface area contributed by atoms with E-state index in [1.54, 1.807) is 0 Å². The van der Waals surface area contributed by atoms with E-state index in [1.807, 2.05) is 23.7 Å². The maximum Gasteiger partial charge on any atom is 0.272 e. The Labute approximate surface area is 155 Å². The normalized spacial score (nSPS) is 24.6. The van der Waals surface area contributed by atoms with E-state index in [9.17, 15) is 4.79 Å². The number of benzene rings is 1. The summed E-state index contributed by atoms with van der Waals surface area (Å²) in [5, 5.41) is 7.86. The van der Waals surface area contributed by atoms with E-state index in [4.69, 9.17) is 0 Å². The number of aromatic nitrogens is 2. The van der Waals surface area contributed by atoms with Gasteiger partial charge in [0.25, 0.3) is 5.91 Å². The number of carbonyl (C=O) groups excluding carboxylic acids is 1. The maximum absolute atomic E-state index is 12.9. The molecule has 26 heavy (non-hydrogen) atoms. The summed E-state index contributed by atoms with van der Waals surface area (Å²) in [4.78, 5) is 15.1. The van der Waals surface area contributed by atoms with Gasteiger partial charge in [-0.05, 0) is 51.3 Å². The zero-order valence-electron chi connectivity index (χ0n) is 15.9. The molecule has 2 fully saturated rings. The van der Waals surface area contributed by atoms with Crippen LogP contribution in [0.4, 0.5) is 0 Å². The third-order valence-corrected chi connectivity index (χ3v) is 5.89. The number of nitrogens with zero attached hydrogens (tertiary/aromatic N) is 3. The van der Waals surface area contributed by atoms with Crippen molar-refractivity contribution in [2.75, 3.05) is 20.1 Å². The molecule has 4 rings (SSSR count). The molecule has 0 spiro atoms. The Kier molecular flexibility index (Phi) is 4.57. The predicted molar refractivity (Wildman–Crippen MR) is 102 cm³/mol. The second-order valence-electron chi connectivity index (χ2n) is 8.01. The van der Waals surface area contributed by atoms with Gasteiger partial charge in [-0.2, -0.15) is 5.10 Å². The quantitative estimate of drug-likeness (QED) is 0.900. The van der Waals surface area contributed by atoms with Crippen molar-refractivity contribution in [3.05, 3.63) is 53.3 Å². The Hall–Kier alpha value is -2.14. The summed E-state index contributed by atoms with van der Waals surface area (Å²) in [7, 11) is 2.11. The molecule has 2 heterocycles. The molecule has 2 aliphatic rings. The van der Waals surface area contributed by atoms with Crippen LogP contribution in [0.3, 0.4) is 0 Å². The van der Waals surface area contributed by atoms with E-state index in [0.29, 0.717) is 17.7 Å². The maximum atomic E-state index is 12.9. The number of hydrogen-bond donors (Lipinski definition) is 1. The molecule has 1 aromatic heterocycles. The van der Waals surface area contributed by atoms with Crippen molar-refractivity contribution in [1.29, 1.82) is 0 Å². The van der Waals surface area contributed by atoms with Gasteiger partial charge < -0.3 is 10.2 Å². The first-order chi connectivity index (χ1) is 12.5. The lowest BCUT2D eigenvalue weighted by Crippen LogP contribution is -2.39.